The molecule has 1 fully saturated rings. The zero-order chi connectivity index (χ0) is 11.4. The lowest BCUT2D eigenvalue weighted by atomic mass is 10.2. The Bertz CT molecular complexity index is 373. The lowest BCUT2D eigenvalue weighted by molar-refractivity contribution is -0.120. The maximum absolute atomic E-state index is 11.9. The molecule has 1 aromatic rings. The summed E-state index contributed by atoms with van der Waals surface area (Å²) in [5.41, 5.74) is 1.92. The van der Waals surface area contributed by atoms with Gasteiger partial charge in [-0.2, -0.15) is 0 Å². The summed E-state index contributed by atoms with van der Waals surface area (Å²) < 4.78 is 5.25. The molecular weight excluding hydrogens is 204 g/mol. The quantitative estimate of drug-likeness (QED) is 0.779. The summed E-state index contributed by atoms with van der Waals surface area (Å²) >= 11 is 0. The van der Waals surface area contributed by atoms with E-state index in [1.54, 1.807) is 0 Å². The monoisotopic (exact) mass is 220 g/mol. The van der Waals surface area contributed by atoms with E-state index >= 15 is 0 Å². The molecule has 16 heavy (non-hydrogen) atoms. The van der Waals surface area contributed by atoms with Crippen LogP contribution in [0.1, 0.15) is 5.56 Å². The average molecular weight is 220 g/mol. The van der Waals surface area contributed by atoms with E-state index in [2.05, 4.69) is 10.6 Å². The number of hydrogen-bond donors (Lipinski definition) is 2. The van der Waals surface area contributed by atoms with E-state index in [-0.39, 0.29) is 11.9 Å². The molecule has 1 atom stereocenters. The van der Waals surface area contributed by atoms with Crippen LogP contribution >= 0.6 is 0 Å². The molecule has 4 heteroatoms. The van der Waals surface area contributed by atoms with Crippen molar-refractivity contribution in [2.75, 3.05) is 25.1 Å². The number of carbonyl (C=O) groups excluding carboxylic acids is 1. The first kappa shape index (κ1) is 11.1. The Labute approximate surface area is 95.0 Å². The van der Waals surface area contributed by atoms with Crippen LogP contribution in [-0.4, -0.2) is 31.7 Å². The van der Waals surface area contributed by atoms with Gasteiger partial charge in [-0.25, -0.2) is 0 Å². The van der Waals surface area contributed by atoms with Crippen molar-refractivity contribution in [2.24, 2.45) is 0 Å². The number of ether oxygens (including phenoxy) is 1. The van der Waals surface area contributed by atoms with Crippen molar-refractivity contribution in [1.82, 2.24) is 5.32 Å². The standard InChI is InChI=1S/C12H16N2O2/c1-9-4-2-3-5-10(9)14-12(15)11-8-16-7-6-13-11/h2-5,11,13H,6-8H2,1H3,(H,14,15)/t11-/m1/s1. The van der Waals surface area contributed by atoms with E-state index in [0.717, 1.165) is 17.8 Å². The summed E-state index contributed by atoms with van der Waals surface area (Å²) in [7, 11) is 0. The molecule has 0 aliphatic carbocycles. The highest BCUT2D eigenvalue weighted by molar-refractivity contribution is 5.95. The Morgan fingerprint density at radius 2 is 2.31 bits per heavy atom. The molecule has 1 aromatic carbocycles. The summed E-state index contributed by atoms with van der Waals surface area (Å²) in [6.45, 7) is 3.82. The first-order valence-electron chi connectivity index (χ1n) is 5.45. The number of amides is 1. The van der Waals surface area contributed by atoms with Gasteiger partial charge in [0.05, 0.1) is 13.2 Å². The molecule has 1 aliphatic rings. The minimum absolute atomic E-state index is 0.0333. The molecule has 0 saturated carbocycles. The second-order valence-corrected chi connectivity index (χ2v) is 3.89. The summed E-state index contributed by atoms with van der Waals surface area (Å²) in [4.78, 5) is 11.9. The highest BCUT2D eigenvalue weighted by Gasteiger charge is 2.21. The lowest BCUT2D eigenvalue weighted by Crippen LogP contribution is -2.48. The number of para-hydroxylation sites is 1. The molecule has 4 nitrogen and oxygen atoms in total. The number of anilines is 1. The van der Waals surface area contributed by atoms with Crippen LogP contribution < -0.4 is 10.6 Å². The van der Waals surface area contributed by atoms with Gasteiger partial charge in [0.25, 0.3) is 0 Å². The topological polar surface area (TPSA) is 50.4 Å². The van der Waals surface area contributed by atoms with Crippen LogP contribution in [0.2, 0.25) is 0 Å². The number of nitrogens with one attached hydrogen (secondary N) is 2. The molecule has 0 spiro atoms. The Balaban J connectivity index is 1.99. The van der Waals surface area contributed by atoms with Gasteiger partial charge in [-0.1, -0.05) is 18.2 Å². The third-order valence-electron chi connectivity index (χ3n) is 2.64. The highest BCUT2D eigenvalue weighted by atomic mass is 16.5. The first-order valence-corrected chi connectivity index (χ1v) is 5.45. The fourth-order valence-corrected chi connectivity index (χ4v) is 1.67. The SMILES string of the molecule is Cc1ccccc1NC(=O)[C@H]1COCCN1. The molecule has 1 amide bonds. The Morgan fingerprint density at radius 1 is 1.50 bits per heavy atom. The van der Waals surface area contributed by atoms with Gasteiger partial charge in [0, 0.05) is 12.2 Å². The van der Waals surface area contributed by atoms with Crippen molar-refractivity contribution in [3.8, 4) is 0 Å². The molecule has 0 unspecified atom stereocenters. The molecule has 0 radical (unpaired) electrons. The number of morpholine rings is 1. The van der Waals surface area contributed by atoms with E-state index < -0.39 is 0 Å². The van der Waals surface area contributed by atoms with E-state index in [0.29, 0.717) is 13.2 Å². The predicted molar refractivity (Wildman–Crippen MR) is 62.4 cm³/mol. The van der Waals surface area contributed by atoms with Crippen molar-refractivity contribution >= 4 is 11.6 Å². The van der Waals surface area contributed by atoms with Gasteiger partial charge < -0.3 is 15.4 Å². The van der Waals surface area contributed by atoms with Crippen molar-refractivity contribution in [1.29, 1.82) is 0 Å². The van der Waals surface area contributed by atoms with Crippen molar-refractivity contribution in [3.63, 3.8) is 0 Å². The summed E-state index contributed by atoms with van der Waals surface area (Å²) in [6.07, 6.45) is 0. The largest absolute Gasteiger partial charge is 0.378 e. The van der Waals surface area contributed by atoms with Crippen LogP contribution in [0.4, 0.5) is 5.69 Å². The normalized spacial score (nSPS) is 20.4. The molecule has 1 heterocycles. The summed E-state index contributed by atoms with van der Waals surface area (Å²) in [5, 5.41) is 6.02. The molecule has 0 bridgehead atoms. The van der Waals surface area contributed by atoms with Crippen LogP contribution in [0.25, 0.3) is 0 Å². The first-order chi connectivity index (χ1) is 7.77. The van der Waals surface area contributed by atoms with Crippen LogP contribution in [0.5, 0.6) is 0 Å². The molecule has 1 aliphatic heterocycles. The van der Waals surface area contributed by atoms with Crippen LogP contribution in [0.15, 0.2) is 24.3 Å². The number of carbonyl (C=O) groups is 1. The van der Waals surface area contributed by atoms with Gasteiger partial charge in [-0.05, 0) is 18.6 Å². The Kier molecular flexibility index (Phi) is 3.54. The Morgan fingerprint density at radius 3 is 3.00 bits per heavy atom. The fourth-order valence-electron chi connectivity index (χ4n) is 1.67. The average Bonchev–Trinajstić information content (AvgIpc) is 2.33. The Hall–Kier alpha value is -1.39. The third kappa shape index (κ3) is 2.59. The molecule has 86 valence electrons. The third-order valence-corrected chi connectivity index (χ3v) is 2.64. The minimum atomic E-state index is -0.242. The zero-order valence-corrected chi connectivity index (χ0v) is 9.32. The maximum Gasteiger partial charge on any atom is 0.243 e. The van der Waals surface area contributed by atoms with Gasteiger partial charge in [0.1, 0.15) is 6.04 Å². The summed E-state index contributed by atoms with van der Waals surface area (Å²) in [6, 6.07) is 7.49. The van der Waals surface area contributed by atoms with Crippen LogP contribution in [0, 0.1) is 6.92 Å². The minimum Gasteiger partial charge on any atom is -0.378 e. The number of aryl methyl sites for hydroxylation is 1. The van der Waals surface area contributed by atoms with E-state index in [9.17, 15) is 4.79 Å². The molecule has 1 saturated heterocycles. The second-order valence-electron chi connectivity index (χ2n) is 3.89. The smallest absolute Gasteiger partial charge is 0.243 e. The molecule has 2 N–H and O–H groups in total. The number of benzene rings is 1. The van der Waals surface area contributed by atoms with Crippen molar-refractivity contribution in [3.05, 3.63) is 29.8 Å². The van der Waals surface area contributed by atoms with Gasteiger partial charge in [-0.3, -0.25) is 4.79 Å². The van der Waals surface area contributed by atoms with Crippen molar-refractivity contribution < 1.29 is 9.53 Å². The van der Waals surface area contributed by atoms with Crippen LogP contribution in [0.3, 0.4) is 0 Å². The predicted octanol–water partition coefficient (Wildman–Crippen LogP) is 0.922. The van der Waals surface area contributed by atoms with Gasteiger partial charge in [0.15, 0.2) is 0 Å². The second kappa shape index (κ2) is 5.09. The van der Waals surface area contributed by atoms with E-state index in [1.165, 1.54) is 0 Å². The molecule has 2 rings (SSSR count). The molecule has 0 aromatic heterocycles. The summed E-state index contributed by atoms with van der Waals surface area (Å²) in [5.74, 6) is -0.0333. The number of hydrogen-bond acceptors (Lipinski definition) is 3. The van der Waals surface area contributed by atoms with Gasteiger partial charge >= 0.3 is 0 Å². The maximum atomic E-state index is 11.9. The number of rotatable bonds is 2. The van der Waals surface area contributed by atoms with E-state index in [1.807, 2.05) is 31.2 Å². The highest BCUT2D eigenvalue weighted by Crippen LogP contribution is 2.13. The fraction of sp³-hybridized carbons (Fsp3) is 0.417. The van der Waals surface area contributed by atoms with Crippen LogP contribution in [-0.2, 0) is 9.53 Å². The lowest BCUT2D eigenvalue weighted by Gasteiger charge is -2.23. The van der Waals surface area contributed by atoms with E-state index in [4.69, 9.17) is 4.74 Å². The van der Waals surface area contributed by atoms with Gasteiger partial charge in [-0.15, -0.1) is 0 Å². The zero-order valence-electron chi connectivity index (χ0n) is 9.32. The molecular formula is C12H16N2O2. The van der Waals surface area contributed by atoms with Crippen molar-refractivity contribution in [2.45, 2.75) is 13.0 Å². The van der Waals surface area contributed by atoms with Gasteiger partial charge in [0.2, 0.25) is 5.91 Å².